The average molecular weight is 247 g/mol. The molecule has 5 nitrogen and oxygen atoms in total. The first-order valence-corrected chi connectivity index (χ1v) is 5.83. The lowest BCUT2D eigenvalue weighted by atomic mass is 10.2. The number of ether oxygens (including phenoxy) is 1. The number of aromatic nitrogens is 2. The Morgan fingerprint density at radius 2 is 2.11 bits per heavy atom. The molecule has 0 radical (unpaired) electrons. The Bertz CT molecular complexity index is 555. The summed E-state index contributed by atoms with van der Waals surface area (Å²) in [7, 11) is 0. The molecule has 1 amide bonds. The summed E-state index contributed by atoms with van der Waals surface area (Å²) in [6.07, 6.45) is 0. The summed E-state index contributed by atoms with van der Waals surface area (Å²) in [6, 6.07) is 7.62. The highest BCUT2D eigenvalue weighted by atomic mass is 16.5. The molecule has 0 aliphatic rings. The number of hydrogen-bond donors (Lipinski definition) is 2. The molecule has 2 aromatic rings. The zero-order valence-corrected chi connectivity index (χ0v) is 10.8. The summed E-state index contributed by atoms with van der Waals surface area (Å²) in [4.78, 5) is 11.7. The first kappa shape index (κ1) is 12.6. The van der Waals surface area contributed by atoms with E-state index in [4.69, 9.17) is 4.74 Å². The second-order valence-electron chi connectivity index (χ2n) is 5.07. The molecule has 96 valence electrons. The second-order valence-corrected chi connectivity index (χ2v) is 5.07. The Morgan fingerprint density at radius 1 is 1.39 bits per heavy atom. The Morgan fingerprint density at radius 3 is 2.83 bits per heavy atom. The fraction of sp³-hybridized carbons (Fsp3) is 0.385. The molecule has 0 aliphatic carbocycles. The number of carbonyl (C=O) groups excluding carboxylic acids is 1. The van der Waals surface area contributed by atoms with E-state index in [1.807, 2.05) is 45.0 Å². The SMILES string of the molecule is CC(C)(C)OCC(=O)Nc1n[nH]c2ccccc12. The fourth-order valence-electron chi connectivity index (χ4n) is 1.51. The molecule has 0 unspecified atom stereocenters. The van der Waals surface area contributed by atoms with Crippen molar-refractivity contribution in [2.45, 2.75) is 26.4 Å². The van der Waals surface area contributed by atoms with Gasteiger partial charge in [0.05, 0.1) is 11.1 Å². The van der Waals surface area contributed by atoms with E-state index >= 15 is 0 Å². The van der Waals surface area contributed by atoms with Crippen LogP contribution in [0, 0.1) is 0 Å². The van der Waals surface area contributed by atoms with Crippen molar-refractivity contribution < 1.29 is 9.53 Å². The maximum absolute atomic E-state index is 11.7. The molecular weight excluding hydrogens is 230 g/mol. The van der Waals surface area contributed by atoms with E-state index in [9.17, 15) is 4.79 Å². The fourth-order valence-corrected chi connectivity index (χ4v) is 1.51. The van der Waals surface area contributed by atoms with Gasteiger partial charge in [-0.3, -0.25) is 9.89 Å². The van der Waals surface area contributed by atoms with Crippen molar-refractivity contribution in [1.29, 1.82) is 0 Å². The van der Waals surface area contributed by atoms with Crippen LogP contribution in [0.5, 0.6) is 0 Å². The Hall–Kier alpha value is -1.88. The monoisotopic (exact) mass is 247 g/mol. The smallest absolute Gasteiger partial charge is 0.251 e. The molecule has 18 heavy (non-hydrogen) atoms. The normalized spacial score (nSPS) is 11.7. The molecule has 0 aliphatic heterocycles. The maximum atomic E-state index is 11.7. The lowest BCUT2D eigenvalue weighted by Gasteiger charge is -2.18. The van der Waals surface area contributed by atoms with Crippen LogP contribution in [0.4, 0.5) is 5.82 Å². The van der Waals surface area contributed by atoms with E-state index in [0.717, 1.165) is 10.9 Å². The number of nitrogens with zero attached hydrogens (tertiary/aromatic N) is 1. The van der Waals surface area contributed by atoms with Crippen LogP contribution in [0.3, 0.4) is 0 Å². The molecule has 2 N–H and O–H groups in total. The Labute approximate surface area is 106 Å². The van der Waals surface area contributed by atoms with E-state index in [1.165, 1.54) is 0 Å². The van der Waals surface area contributed by atoms with Crippen molar-refractivity contribution in [3.8, 4) is 0 Å². The van der Waals surface area contributed by atoms with E-state index in [1.54, 1.807) is 0 Å². The topological polar surface area (TPSA) is 67.0 Å². The minimum Gasteiger partial charge on any atom is -0.366 e. The van der Waals surface area contributed by atoms with Crippen LogP contribution >= 0.6 is 0 Å². The van der Waals surface area contributed by atoms with Crippen LogP contribution in [-0.2, 0) is 9.53 Å². The standard InChI is InChI=1S/C13H17N3O2/c1-13(2,3)18-8-11(17)14-12-9-6-4-5-7-10(9)15-16-12/h4-7H,8H2,1-3H3,(H2,14,15,16,17). The van der Waals surface area contributed by atoms with Gasteiger partial charge >= 0.3 is 0 Å². The molecule has 0 atom stereocenters. The molecule has 1 aromatic heterocycles. The minimum atomic E-state index is -0.328. The summed E-state index contributed by atoms with van der Waals surface area (Å²) in [5.41, 5.74) is 0.565. The van der Waals surface area contributed by atoms with Gasteiger partial charge in [-0.1, -0.05) is 12.1 Å². The largest absolute Gasteiger partial charge is 0.366 e. The number of anilines is 1. The van der Waals surface area contributed by atoms with Gasteiger partial charge in [-0.15, -0.1) is 0 Å². The second kappa shape index (κ2) is 4.78. The van der Waals surface area contributed by atoms with Gasteiger partial charge in [0.15, 0.2) is 5.82 Å². The molecule has 0 fully saturated rings. The predicted molar refractivity (Wildman–Crippen MR) is 70.4 cm³/mol. The van der Waals surface area contributed by atoms with Crippen molar-refractivity contribution >= 4 is 22.6 Å². The molecular formula is C13H17N3O2. The minimum absolute atomic E-state index is 0.0185. The number of carbonyl (C=O) groups is 1. The number of nitrogens with one attached hydrogen (secondary N) is 2. The van der Waals surface area contributed by atoms with Gasteiger partial charge in [-0.25, -0.2) is 0 Å². The summed E-state index contributed by atoms with van der Waals surface area (Å²) in [5, 5.41) is 10.5. The quantitative estimate of drug-likeness (QED) is 0.874. The number of fused-ring (bicyclic) bond motifs is 1. The van der Waals surface area contributed by atoms with Gasteiger partial charge in [0, 0.05) is 5.39 Å². The van der Waals surface area contributed by atoms with Crippen molar-refractivity contribution in [3.63, 3.8) is 0 Å². The lowest BCUT2D eigenvalue weighted by molar-refractivity contribution is -0.125. The molecule has 1 aromatic carbocycles. The zero-order valence-electron chi connectivity index (χ0n) is 10.8. The highest BCUT2D eigenvalue weighted by molar-refractivity contribution is 5.99. The third kappa shape index (κ3) is 3.07. The lowest BCUT2D eigenvalue weighted by Crippen LogP contribution is -2.27. The Kier molecular flexibility index (Phi) is 3.34. The summed E-state index contributed by atoms with van der Waals surface area (Å²) in [5.74, 6) is 0.329. The highest BCUT2D eigenvalue weighted by Gasteiger charge is 2.14. The molecule has 5 heteroatoms. The molecule has 0 saturated heterocycles. The van der Waals surface area contributed by atoms with Crippen LogP contribution in [0.1, 0.15) is 20.8 Å². The van der Waals surface area contributed by atoms with Crippen LogP contribution in [0.2, 0.25) is 0 Å². The van der Waals surface area contributed by atoms with E-state index in [2.05, 4.69) is 15.5 Å². The van der Waals surface area contributed by atoms with Crippen LogP contribution < -0.4 is 5.32 Å². The molecule has 0 saturated carbocycles. The van der Waals surface area contributed by atoms with E-state index < -0.39 is 0 Å². The molecule has 0 spiro atoms. The van der Waals surface area contributed by atoms with Gasteiger partial charge in [0.1, 0.15) is 6.61 Å². The number of benzene rings is 1. The third-order valence-corrected chi connectivity index (χ3v) is 2.36. The van der Waals surface area contributed by atoms with E-state index in [-0.39, 0.29) is 18.1 Å². The van der Waals surface area contributed by atoms with Gasteiger partial charge in [0.25, 0.3) is 5.91 Å². The summed E-state index contributed by atoms with van der Waals surface area (Å²) >= 11 is 0. The number of hydrogen-bond acceptors (Lipinski definition) is 3. The average Bonchev–Trinajstić information content (AvgIpc) is 2.70. The van der Waals surface area contributed by atoms with Gasteiger partial charge in [0.2, 0.25) is 0 Å². The summed E-state index contributed by atoms with van der Waals surface area (Å²) in [6.45, 7) is 5.74. The highest BCUT2D eigenvalue weighted by Crippen LogP contribution is 2.19. The van der Waals surface area contributed by atoms with Crippen LogP contribution in [-0.4, -0.2) is 28.3 Å². The number of amides is 1. The maximum Gasteiger partial charge on any atom is 0.251 e. The van der Waals surface area contributed by atoms with E-state index in [0.29, 0.717) is 5.82 Å². The molecule has 1 heterocycles. The Balaban J connectivity index is 2.03. The van der Waals surface area contributed by atoms with Crippen molar-refractivity contribution in [2.24, 2.45) is 0 Å². The third-order valence-electron chi connectivity index (χ3n) is 2.36. The molecule has 2 rings (SSSR count). The van der Waals surface area contributed by atoms with Crippen molar-refractivity contribution in [2.75, 3.05) is 11.9 Å². The van der Waals surface area contributed by atoms with Crippen LogP contribution in [0.15, 0.2) is 24.3 Å². The summed E-state index contributed by atoms with van der Waals surface area (Å²) < 4.78 is 5.40. The predicted octanol–water partition coefficient (Wildman–Crippen LogP) is 2.32. The first-order valence-electron chi connectivity index (χ1n) is 5.83. The van der Waals surface area contributed by atoms with Crippen LogP contribution in [0.25, 0.3) is 10.9 Å². The van der Waals surface area contributed by atoms with Crippen molar-refractivity contribution in [1.82, 2.24) is 10.2 Å². The number of rotatable bonds is 3. The zero-order chi connectivity index (χ0) is 13.2. The molecule has 0 bridgehead atoms. The van der Waals surface area contributed by atoms with Gasteiger partial charge in [-0.2, -0.15) is 5.10 Å². The number of para-hydroxylation sites is 1. The van der Waals surface area contributed by atoms with Gasteiger partial charge in [-0.05, 0) is 32.9 Å². The van der Waals surface area contributed by atoms with Gasteiger partial charge < -0.3 is 10.1 Å². The number of H-pyrrole nitrogens is 1. The van der Waals surface area contributed by atoms with Crippen molar-refractivity contribution in [3.05, 3.63) is 24.3 Å². The first-order chi connectivity index (χ1) is 8.46. The number of aromatic amines is 1.